The minimum absolute atomic E-state index is 0.0278. The van der Waals surface area contributed by atoms with Gasteiger partial charge in [-0.3, -0.25) is 5.43 Å². The van der Waals surface area contributed by atoms with Crippen molar-refractivity contribution in [3.63, 3.8) is 0 Å². The SMILES string of the molecule is CNN1CCC[C@@H](c2cc(OC(F)(F)F)ccc2OC)[C@H]1c1ccccc1. The van der Waals surface area contributed by atoms with E-state index in [0.717, 1.165) is 24.9 Å². The van der Waals surface area contributed by atoms with E-state index >= 15 is 0 Å². The number of halogens is 3. The fourth-order valence-corrected chi connectivity index (χ4v) is 3.83. The standard InChI is InChI=1S/C20H23F3N2O2/c1-24-25-12-6-9-16(19(25)14-7-4-3-5-8-14)17-13-15(27-20(21,22)23)10-11-18(17)26-2/h3-5,7-8,10-11,13,16,19,24H,6,9,12H2,1-2H3/t16-,19+/m0/s1. The summed E-state index contributed by atoms with van der Waals surface area (Å²) in [4.78, 5) is 0. The first-order chi connectivity index (χ1) is 12.9. The maximum absolute atomic E-state index is 12.7. The number of hydrogen-bond donors (Lipinski definition) is 1. The summed E-state index contributed by atoms with van der Waals surface area (Å²) in [7, 11) is 3.39. The van der Waals surface area contributed by atoms with Gasteiger partial charge >= 0.3 is 6.36 Å². The van der Waals surface area contributed by atoms with E-state index in [0.29, 0.717) is 11.3 Å². The van der Waals surface area contributed by atoms with Gasteiger partial charge in [0, 0.05) is 18.0 Å². The van der Waals surface area contributed by atoms with Crippen LogP contribution < -0.4 is 14.9 Å². The Kier molecular flexibility index (Phi) is 5.92. The van der Waals surface area contributed by atoms with Gasteiger partial charge in [-0.05, 0) is 43.7 Å². The highest BCUT2D eigenvalue weighted by Gasteiger charge is 2.36. The number of rotatable bonds is 5. The summed E-state index contributed by atoms with van der Waals surface area (Å²) in [6.45, 7) is 0.855. The average Bonchev–Trinajstić information content (AvgIpc) is 2.66. The van der Waals surface area contributed by atoms with E-state index in [4.69, 9.17) is 4.74 Å². The molecule has 0 aliphatic carbocycles. The van der Waals surface area contributed by atoms with Gasteiger partial charge in [0.25, 0.3) is 0 Å². The van der Waals surface area contributed by atoms with Crippen LogP contribution in [0.25, 0.3) is 0 Å². The Morgan fingerprint density at radius 2 is 1.85 bits per heavy atom. The molecule has 27 heavy (non-hydrogen) atoms. The van der Waals surface area contributed by atoms with Crippen LogP contribution in [0.1, 0.15) is 35.9 Å². The molecule has 1 fully saturated rings. The number of ether oxygens (including phenoxy) is 2. The van der Waals surface area contributed by atoms with E-state index in [1.807, 2.05) is 37.4 Å². The number of benzene rings is 2. The summed E-state index contributed by atoms with van der Waals surface area (Å²) < 4.78 is 47.7. The Hall–Kier alpha value is -2.25. The Morgan fingerprint density at radius 3 is 2.48 bits per heavy atom. The molecule has 0 bridgehead atoms. The molecular formula is C20H23F3N2O2. The number of alkyl halides is 3. The summed E-state index contributed by atoms with van der Waals surface area (Å²) in [5, 5.41) is 2.13. The van der Waals surface area contributed by atoms with Crippen LogP contribution in [0.5, 0.6) is 11.5 Å². The minimum Gasteiger partial charge on any atom is -0.496 e. The Labute approximate surface area is 156 Å². The molecule has 2 atom stereocenters. The molecule has 0 spiro atoms. The molecule has 3 rings (SSSR count). The third-order valence-corrected chi connectivity index (χ3v) is 4.89. The summed E-state index contributed by atoms with van der Waals surface area (Å²) in [5.41, 5.74) is 5.04. The van der Waals surface area contributed by atoms with E-state index in [2.05, 4.69) is 15.2 Å². The van der Waals surface area contributed by atoms with Crippen LogP contribution in [0.15, 0.2) is 48.5 Å². The molecular weight excluding hydrogens is 357 g/mol. The van der Waals surface area contributed by atoms with Gasteiger partial charge in [-0.2, -0.15) is 0 Å². The molecule has 0 radical (unpaired) electrons. The number of hydrazine groups is 1. The predicted molar refractivity (Wildman–Crippen MR) is 96.6 cm³/mol. The quantitative estimate of drug-likeness (QED) is 0.819. The fraction of sp³-hybridized carbons (Fsp3) is 0.400. The van der Waals surface area contributed by atoms with E-state index in [1.54, 1.807) is 0 Å². The molecule has 2 aromatic rings. The monoisotopic (exact) mass is 380 g/mol. The molecule has 1 aliphatic heterocycles. The highest BCUT2D eigenvalue weighted by Crippen LogP contribution is 2.45. The zero-order valence-corrected chi connectivity index (χ0v) is 15.3. The second-order valence-corrected chi connectivity index (χ2v) is 6.47. The van der Waals surface area contributed by atoms with Gasteiger partial charge < -0.3 is 9.47 Å². The zero-order chi connectivity index (χ0) is 19.4. The lowest BCUT2D eigenvalue weighted by molar-refractivity contribution is -0.274. The molecule has 1 saturated heterocycles. The molecule has 1 N–H and O–H groups in total. The van der Waals surface area contributed by atoms with Crippen molar-refractivity contribution in [1.82, 2.24) is 10.4 Å². The summed E-state index contributed by atoms with van der Waals surface area (Å²) in [5.74, 6) is 0.292. The molecule has 0 amide bonds. The van der Waals surface area contributed by atoms with Gasteiger partial charge in [0.05, 0.1) is 13.2 Å². The first-order valence-corrected chi connectivity index (χ1v) is 8.85. The highest BCUT2D eigenvalue weighted by atomic mass is 19.4. The van der Waals surface area contributed by atoms with Crippen molar-refractivity contribution in [2.75, 3.05) is 20.7 Å². The minimum atomic E-state index is -4.73. The molecule has 1 aliphatic rings. The zero-order valence-electron chi connectivity index (χ0n) is 15.3. The first-order valence-electron chi connectivity index (χ1n) is 8.85. The number of nitrogens with one attached hydrogen (secondary N) is 1. The molecule has 0 saturated carbocycles. The number of hydrogen-bond acceptors (Lipinski definition) is 4. The molecule has 7 heteroatoms. The normalized spacial score (nSPS) is 21.1. The predicted octanol–water partition coefficient (Wildman–Crippen LogP) is 4.65. The maximum atomic E-state index is 12.7. The summed E-state index contributed by atoms with van der Waals surface area (Å²) in [6.07, 6.45) is -2.97. The Balaban J connectivity index is 2.04. The van der Waals surface area contributed by atoms with Crippen molar-refractivity contribution in [1.29, 1.82) is 0 Å². The lowest BCUT2D eigenvalue weighted by Crippen LogP contribution is -2.44. The second-order valence-electron chi connectivity index (χ2n) is 6.47. The molecule has 0 unspecified atom stereocenters. The third kappa shape index (κ3) is 4.54. The van der Waals surface area contributed by atoms with Crippen LogP contribution in [-0.4, -0.2) is 32.1 Å². The van der Waals surface area contributed by atoms with Gasteiger partial charge in [-0.1, -0.05) is 30.3 Å². The number of nitrogens with zero attached hydrogens (tertiary/aromatic N) is 1. The van der Waals surface area contributed by atoms with E-state index in [9.17, 15) is 13.2 Å². The van der Waals surface area contributed by atoms with Crippen molar-refractivity contribution in [2.45, 2.75) is 31.2 Å². The number of piperidine rings is 1. The molecule has 0 aromatic heterocycles. The summed E-state index contributed by atoms with van der Waals surface area (Å²) in [6, 6.07) is 14.2. The molecule has 146 valence electrons. The first kappa shape index (κ1) is 19.5. The van der Waals surface area contributed by atoms with Crippen molar-refractivity contribution >= 4 is 0 Å². The van der Waals surface area contributed by atoms with Gasteiger partial charge in [-0.15, -0.1) is 13.2 Å². The Bertz CT molecular complexity index is 753. The van der Waals surface area contributed by atoms with Crippen LogP contribution in [-0.2, 0) is 0 Å². The summed E-state index contributed by atoms with van der Waals surface area (Å²) >= 11 is 0. The molecule has 2 aromatic carbocycles. The number of methoxy groups -OCH3 is 1. The van der Waals surface area contributed by atoms with Gasteiger partial charge in [0.1, 0.15) is 11.5 Å². The molecule has 4 nitrogen and oxygen atoms in total. The van der Waals surface area contributed by atoms with Crippen molar-refractivity contribution < 1.29 is 22.6 Å². The maximum Gasteiger partial charge on any atom is 0.573 e. The van der Waals surface area contributed by atoms with Crippen LogP contribution >= 0.6 is 0 Å². The Morgan fingerprint density at radius 1 is 1.11 bits per heavy atom. The van der Waals surface area contributed by atoms with Crippen LogP contribution in [0.4, 0.5) is 13.2 Å². The largest absolute Gasteiger partial charge is 0.573 e. The van der Waals surface area contributed by atoms with E-state index in [1.165, 1.54) is 25.3 Å². The van der Waals surface area contributed by atoms with Crippen molar-refractivity contribution in [3.05, 3.63) is 59.7 Å². The van der Waals surface area contributed by atoms with E-state index < -0.39 is 6.36 Å². The van der Waals surface area contributed by atoms with Gasteiger partial charge in [-0.25, -0.2) is 5.01 Å². The van der Waals surface area contributed by atoms with Gasteiger partial charge in [0.15, 0.2) is 0 Å². The third-order valence-electron chi connectivity index (χ3n) is 4.89. The second kappa shape index (κ2) is 8.19. The average molecular weight is 380 g/mol. The molecule has 1 heterocycles. The smallest absolute Gasteiger partial charge is 0.496 e. The topological polar surface area (TPSA) is 33.7 Å². The van der Waals surface area contributed by atoms with Crippen LogP contribution in [0.2, 0.25) is 0 Å². The van der Waals surface area contributed by atoms with Crippen LogP contribution in [0, 0.1) is 0 Å². The van der Waals surface area contributed by atoms with Crippen LogP contribution in [0.3, 0.4) is 0 Å². The lowest BCUT2D eigenvalue weighted by atomic mass is 9.80. The lowest BCUT2D eigenvalue weighted by Gasteiger charge is -2.41. The van der Waals surface area contributed by atoms with Gasteiger partial charge in [0.2, 0.25) is 0 Å². The highest BCUT2D eigenvalue weighted by molar-refractivity contribution is 5.44. The van der Waals surface area contributed by atoms with Crippen molar-refractivity contribution in [3.8, 4) is 11.5 Å². The van der Waals surface area contributed by atoms with E-state index in [-0.39, 0.29) is 17.7 Å². The fourth-order valence-electron chi connectivity index (χ4n) is 3.83. The van der Waals surface area contributed by atoms with Crippen molar-refractivity contribution in [2.24, 2.45) is 0 Å².